The molecule has 0 saturated carbocycles. The van der Waals surface area contributed by atoms with Gasteiger partial charge >= 0.3 is 0 Å². The second kappa shape index (κ2) is 12.2. The fraction of sp³-hybridized carbons (Fsp3) is 0.467. The van der Waals surface area contributed by atoms with Gasteiger partial charge in [0.25, 0.3) is 5.91 Å². The number of carbonyl (C=O) groups excluding carboxylic acids is 1. The number of halogens is 1. The van der Waals surface area contributed by atoms with E-state index in [1.54, 1.807) is 23.1 Å². The molecule has 8 heteroatoms. The average molecular weight is 542 g/mol. The summed E-state index contributed by atoms with van der Waals surface area (Å²) in [5.41, 5.74) is 1.12. The van der Waals surface area contributed by atoms with Crippen molar-refractivity contribution in [2.24, 2.45) is 5.92 Å². The second-order valence-corrected chi connectivity index (χ2v) is 10.6. The highest BCUT2D eigenvalue weighted by molar-refractivity contribution is 6.31. The number of hydrogen-bond acceptors (Lipinski definition) is 6. The van der Waals surface area contributed by atoms with Gasteiger partial charge in [-0.15, -0.1) is 0 Å². The van der Waals surface area contributed by atoms with Gasteiger partial charge in [-0.3, -0.25) is 9.59 Å². The summed E-state index contributed by atoms with van der Waals surface area (Å²) in [7, 11) is 0. The summed E-state index contributed by atoms with van der Waals surface area (Å²) in [6.45, 7) is 12.1. The van der Waals surface area contributed by atoms with E-state index in [0.717, 1.165) is 12.0 Å². The highest BCUT2D eigenvalue weighted by Gasteiger charge is 2.42. The van der Waals surface area contributed by atoms with Crippen LogP contribution in [0.3, 0.4) is 0 Å². The Morgan fingerprint density at radius 3 is 2.50 bits per heavy atom. The summed E-state index contributed by atoms with van der Waals surface area (Å²) >= 11 is 6.19. The lowest BCUT2D eigenvalue weighted by Gasteiger charge is -2.26. The fourth-order valence-electron chi connectivity index (χ4n) is 4.61. The third-order valence-corrected chi connectivity index (χ3v) is 6.69. The van der Waals surface area contributed by atoms with Crippen molar-refractivity contribution in [1.29, 1.82) is 0 Å². The van der Waals surface area contributed by atoms with Crippen molar-refractivity contribution in [3.8, 4) is 11.5 Å². The van der Waals surface area contributed by atoms with Gasteiger partial charge in [-0.2, -0.15) is 0 Å². The number of fused-ring (bicyclic) bond motifs is 2. The molecule has 204 valence electrons. The van der Waals surface area contributed by atoms with Gasteiger partial charge in [0, 0.05) is 18.2 Å². The Balaban J connectivity index is 1.78. The van der Waals surface area contributed by atoms with Crippen LogP contribution in [0.4, 0.5) is 0 Å². The number of rotatable bonds is 12. The van der Waals surface area contributed by atoms with E-state index in [0.29, 0.717) is 71.8 Å². The molecule has 38 heavy (non-hydrogen) atoms. The Labute approximate surface area is 228 Å². The molecule has 7 nitrogen and oxygen atoms in total. The van der Waals surface area contributed by atoms with Crippen LogP contribution in [0.2, 0.25) is 5.02 Å². The zero-order chi connectivity index (χ0) is 27.4. The molecule has 0 radical (unpaired) electrons. The predicted molar refractivity (Wildman–Crippen MR) is 149 cm³/mol. The van der Waals surface area contributed by atoms with E-state index >= 15 is 0 Å². The van der Waals surface area contributed by atoms with Crippen LogP contribution in [-0.4, -0.2) is 43.3 Å². The molecule has 1 aliphatic heterocycles. The Morgan fingerprint density at radius 1 is 1.00 bits per heavy atom. The third-order valence-electron chi connectivity index (χ3n) is 6.46. The predicted octanol–water partition coefficient (Wildman–Crippen LogP) is 6.63. The monoisotopic (exact) mass is 541 g/mol. The van der Waals surface area contributed by atoms with Crippen LogP contribution in [-0.2, 0) is 4.74 Å². The molecule has 4 rings (SSSR count). The minimum atomic E-state index is -0.639. The summed E-state index contributed by atoms with van der Waals surface area (Å²) in [5.74, 6) is 1.47. The van der Waals surface area contributed by atoms with Gasteiger partial charge < -0.3 is 23.5 Å². The topological polar surface area (TPSA) is 78.2 Å². The van der Waals surface area contributed by atoms with E-state index in [-0.39, 0.29) is 23.2 Å². The SMILES string of the molecule is CCOc1cc(C2c3c(oc4ccc(Cl)cc4c3=O)C(=O)N2CCCOC(C)C)ccc1OCCC(C)C. The average Bonchev–Trinajstić information content (AvgIpc) is 3.14. The summed E-state index contributed by atoms with van der Waals surface area (Å²) in [5, 5.41) is 0.771. The third kappa shape index (κ3) is 6.00. The molecule has 0 spiro atoms. The minimum absolute atomic E-state index is 0.0646. The van der Waals surface area contributed by atoms with Crippen molar-refractivity contribution in [2.45, 2.75) is 59.6 Å². The van der Waals surface area contributed by atoms with Crippen LogP contribution >= 0.6 is 11.6 Å². The van der Waals surface area contributed by atoms with E-state index in [2.05, 4.69) is 13.8 Å². The normalized spacial score (nSPS) is 15.1. The van der Waals surface area contributed by atoms with Crippen LogP contribution in [0.25, 0.3) is 11.0 Å². The van der Waals surface area contributed by atoms with E-state index in [1.807, 2.05) is 39.0 Å². The lowest BCUT2D eigenvalue weighted by Crippen LogP contribution is -2.31. The maximum absolute atomic E-state index is 13.8. The van der Waals surface area contributed by atoms with Crippen molar-refractivity contribution in [3.63, 3.8) is 0 Å². The molecule has 0 N–H and O–H groups in total. The summed E-state index contributed by atoms with van der Waals surface area (Å²) in [6.07, 6.45) is 1.62. The number of amides is 1. The van der Waals surface area contributed by atoms with Crippen molar-refractivity contribution >= 4 is 28.5 Å². The largest absolute Gasteiger partial charge is 0.490 e. The lowest BCUT2D eigenvalue weighted by atomic mass is 9.98. The minimum Gasteiger partial charge on any atom is -0.490 e. The maximum atomic E-state index is 13.8. The highest BCUT2D eigenvalue weighted by Crippen LogP contribution is 2.41. The van der Waals surface area contributed by atoms with Gasteiger partial charge in [-0.05, 0) is 75.4 Å². The van der Waals surface area contributed by atoms with Crippen LogP contribution < -0.4 is 14.9 Å². The molecular formula is C30H36ClNO6. The number of ether oxygens (including phenoxy) is 3. The van der Waals surface area contributed by atoms with Crippen LogP contribution in [0.1, 0.15) is 75.2 Å². The molecule has 3 aromatic rings. The molecule has 0 fully saturated rings. The second-order valence-electron chi connectivity index (χ2n) is 10.2. The van der Waals surface area contributed by atoms with Crippen LogP contribution in [0.15, 0.2) is 45.6 Å². The van der Waals surface area contributed by atoms with Gasteiger partial charge in [-0.1, -0.05) is 31.5 Å². The first kappa shape index (κ1) is 28.0. The fourth-order valence-corrected chi connectivity index (χ4v) is 4.78. The summed E-state index contributed by atoms with van der Waals surface area (Å²) in [6, 6.07) is 9.81. The molecular weight excluding hydrogens is 506 g/mol. The zero-order valence-electron chi connectivity index (χ0n) is 22.7. The molecule has 1 unspecified atom stereocenters. The van der Waals surface area contributed by atoms with Gasteiger partial charge in [0.2, 0.25) is 5.76 Å². The molecule has 0 saturated heterocycles. The first-order valence-corrected chi connectivity index (χ1v) is 13.7. The molecule has 1 amide bonds. The molecule has 2 aromatic carbocycles. The van der Waals surface area contributed by atoms with E-state index in [1.165, 1.54) is 0 Å². The number of carbonyl (C=O) groups is 1. The van der Waals surface area contributed by atoms with Gasteiger partial charge in [-0.25, -0.2) is 0 Å². The van der Waals surface area contributed by atoms with Crippen molar-refractivity contribution in [3.05, 3.63) is 68.5 Å². The molecule has 1 atom stereocenters. The summed E-state index contributed by atoms with van der Waals surface area (Å²) < 4.78 is 23.7. The molecule has 1 aromatic heterocycles. The molecule has 0 aliphatic carbocycles. The standard InChI is InChI=1S/C30H36ClNO6/c1-6-35-25-16-20(8-10-24(25)37-15-12-18(2)3)27-26-28(33)22-17-21(31)9-11-23(22)38-29(26)30(34)32(27)13-7-14-36-19(4)5/h8-11,16-19,27H,6-7,12-15H2,1-5H3. The Morgan fingerprint density at radius 2 is 1.79 bits per heavy atom. The zero-order valence-corrected chi connectivity index (χ0v) is 23.5. The Kier molecular flexibility index (Phi) is 9.00. The van der Waals surface area contributed by atoms with Gasteiger partial charge in [0.1, 0.15) is 5.58 Å². The Hall–Kier alpha value is -3.03. The van der Waals surface area contributed by atoms with Crippen molar-refractivity contribution in [2.75, 3.05) is 26.4 Å². The molecule has 2 heterocycles. The van der Waals surface area contributed by atoms with E-state index in [9.17, 15) is 9.59 Å². The number of nitrogens with zero attached hydrogens (tertiary/aromatic N) is 1. The highest BCUT2D eigenvalue weighted by atomic mass is 35.5. The van der Waals surface area contributed by atoms with Gasteiger partial charge in [0.15, 0.2) is 16.9 Å². The molecule has 0 bridgehead atoms. The van der Waals surface area contributed by atoms with Gasteiger partial charge in [0.05, 0.1) is 36.3 Å². The Bertz CT molecular complexity index is 1350. The number of benzene rings is 2. The van der Waals surface area contributed by atoms with Crippen molar-refractivity contribution < 1.29 is 23.4 Å². The van der Waals surface area contributed by atoms with Crippen LogP contribution in [0.5, 0.6) is 11.5 Å². The van der Waals surface area contributed by atoms with E-state index in [4.69, 9.17) is 30.2 Å². The lowest BCUT2D eigenvalue weighted by molar-refractivity contribution is 0.0593. The van der Waals surface area contributed by atoms with E-state index < -0.39 is 6.04 Å². The maximum Gasteiger partial charge on any atom is 0.290 e. The quantitative estimate of drug-likeness (QED) is 0.239. The van der Waals surface area contributed by atoms with Crippen molar-refractivity contribution in [1.82, 2.24) is 4.90 Å². The first-order valence-electron chi connectivity index (χ1n) is 13.3. The summed E-state index contributed by atoms with van der Waals surface area (Å²) in [4.78, 5) is 29.1. The number of hydrogen-bond donors (Lipinski definition) is 0. The smallest absolute Gasteiger partial charge is 0.290 e. The first-order chi connectivity index (χ1) is 18.2. The van der Waals surface area contributed by atoms with Crippen LogP contribution in [0, 0.1) is 5.92 Å². The molecule has 1 aliphatic rings.